The highest BCUT2D eigenvalue weighted by molar-refractivity contribution is 5.29. The first-order valence-corrected chi connectivity index (χ1v) is 9.04. The van der Waals surface area contributed by atoms with Crippen LogP contribution in [0.15, 0.2) is 18.5 Å². The van der Waals surface area contributed by atoms with Crippen molar-refractivity contribution in [2.45, 2.75) is 64.1 Å². The monoisotopic (exact) mass is 318 g/mol. The van der Waals surface area contributed by atoms with E-state index in [1.807, 2.05) is 25.6 Å². The van der Waals surface area contributed by atoms with Gasteiger partial charge < -0.3 is 15.0 Å². The minimum atomic E-state index is 0.328. The Morgan fingerprint density at radius 3 is 2.43 bits per heavy atom. The number of nitrogens with zero attached hydrogens (tertiary/aromatic N) is 3. The Morgan fingerprint density at radius 2 is 1.87 bits per heavy atom. The van der Waals surface area contributed by atoms with E-state index in [0.29, 0.717) is 23.6 Å². The fourth-order valence-corrected chi connectivity index (χ4v) is 4.50. The lowest BCUT2D eigenvalue weighted by molar-refractivity contribution is -0.126. The number of hydrogen-bond acceptors (Lipinski definition) is 5. The van der Waals surface area contributed by atoms with Crippen LogP contribution in [0.1, 0.15) is 46.0 Å². The minimum absolute atomic E-state index is 0.328. The number of piperidine rings is 1. The van der Waals surface area contributed by atoms with Gasteiger partial charge in [0.05, 0.1) is 6.10 Å². The van der Waals surface area contributed by atoms with Crippen molar-refractivity contribution in [1.29, 1.82) is 0 Å². The molecule has 23 heavy (non-hydrogen) atoms. The first kappa shape index (κ1) is 16.7. The summed E-state index contributed by atoms with van der Waals surface area (Å²) in [4.78, 5) is 11.0. The second-order valence-electron chi connectivity index (χ2n) is 6.93. The van der Waals surface area contributed by atoms with Gasteiger partial charge in [0, 0.05) is 50.1 Å². The molecule has 2 aliphatic rings. The van der Waals surface area contributed by atoms with Gasteiger partial charge in [-0.1, -0.05) is 13.8 Å². The zero-order valence-corrected chi connectivity index (χ0v) is 14.7. The van der Waals surface area contributed by atoms with Crippen molar-refractivity contribution in [2.24, 2.45) is 5.41 Å². The highest BCUT2D eigenvalue weighted by Crippen LogP contribution is 2.49. The molecule has 1 aromatic heterocycles. The van der Waals surface area contributed by atoms with Crippen LogP contribution in [0, 0.1) is 5.41 Å². The smallest absolute Gasteiger partial charge is 0.225 e. The number of nitrogens with one attached hydrogen (secondary N) is 1. The molecule has 2 fully saturated rings. The van der Waals surface area contributed by atoms with Gasteiger partial charge >= 0.3 is 0 Å². The molecule has 0 unspecified atom stereocenters. The van der Waals surface area contributed by atoms with E-state index in [2.05, 4.69) is 34.0 Å². The number of hydrogen-bond donors (Lipinski definition) is 1. The van der Waals surface area contributed by atoms with Crippen LogP contribution in [-0.2, 0) is 4.74 Å². The van der Waals surface area contributed by atoms with Gasteiger partial charge in [0.25, 0.3) is 0 Å². The van der Waals surface area contributed by atoms with Crippen molar-refractivity contribution in [3.8, 4) is 0 Å². The molecule has 0 aromatic carbocycles. The van der Waals surface area contributed by atoms with E-state index in [-0.39, 0.29) is 0 Å². The largest absolute Gasteiger partial charge is 0.381 e. The molecular formula is C18H30N4O. The van der Waals surface area contributed by atoms with Crippen molar-refractivity contribution in [2.75, 3.05) is 25.1 Å². The molecular weight excluding hydrogens is 288 g/mol. The Balaban J connectivity index is 1.53. The van der Waals surface area contributed by atoms with Gasteiger partial charge in [-0.2, -0.15) is 0 Å². The molecule has 0 radical (unpaired) electrons. The molecule has 1 aromatic rings. The number of rotatable bonds is 6. The van der Waals surface area contributed by atoms with Crippen molar-refractivity contribution >= 4 is 5.95 Å². The van der Waals surface area contributed by atoms with Crippen LogP contribution in [0.2, 0.25) is 0 Å². The topological polar surface area (TPSA) is 50.3 Å². The Kier molecular flexibility index (Phi) is 5.17. The molecule has 2 atom stereocenters. The Morgan fingerprint density at radius 1 is 1.22 bits per heavy atom. The maximum Gasteiger partial charge on any atom is 0.225 e. The quantitative estimate of drug-likeness (QED) is 0.874. The van der Waals surface area contributed by atoms with E-state index in [0.717, 1.165) is 38.3 Å². The third-order valence-corrected chi connectivity index (χ3v) is 6.15. The minimum Gasteiger partial charge on any atom is -0.381 e. The highest BCUT2D eigenvalue weighted by Gasteiger charge is 2.53. The highest BCUT2D eigenvalue weighted by atomic mass is 16.5. The molecule has 3 rings (SSSR count). The van der Waals surface area contributed by atoms with Gasteiger partial charge in [-0.25, -0.2) is 9.97 Å². The lowest BCUT2D eigenvalue weighted by Crippen LogP contribution is -2.65. The van der Waals surface area contributed by atoms with Crippen molar-refractivity contribution < 1.29 is 4.74 Å². The molecule has 1 N–H and O–H groups in total. The third-order valence-electron chi connectivity index (χ3n) is 6.15. The fraction of sp³-hybridized carbons (Fsp3) is 0.778. The molecule has 2 heterocycles. The Labute approximate surface area is 139 Å². The molecule has 0 bridgehead atoms. The van der Waals surface area contributed by atoms with Crippen molar-refractivity contribution in [3.63, 3.8) is 0 Å². The van der Waals surface area contributed by atoms with Gasteiger partial charge in [-0.05, 0) is 38.2 Å². The van der Waals surface area contributed by atoms with E-state index in [1.165, 1.54) is 12.8 Å². The summed E-state index contributed by atoms with van der Waals surface area (Å²) in [5, 5.41) is 3.94. The summed E-state index contributed by atoms with van der Waals surface area (Å²) < 4.78 is 5.71. The normalized spacial score (nSPS) is 27.7. The van der Waals surface area contributed by atoms with Crippen LogP contribution in [0.25, 0.3) is 0 Å². The van der Waals surface area contributed by atoms with E-state index in [4.69, 9.17) is 4.74 Å². The van der Waals surface area contributed by atoms with Crippen LogP contribution in [0.4, 0.5) is 5.95 Å². The molecule has 0 amide bonds. The van der Waals surface area contributed by atoms with Crippen LogP contribution in [0.5, 0.6) is 0 Å². The maximum absolute atomic E-state index is 5.71. The molecule has 5 nitrogen and oxygen atoms in total. The summed E-state index contributed by atoms with van der Waals surface area (Å²) >= 11 is 0. The first-order chi connectivity index (χ1) is 11.2. The summed E-state index contributed by atoms with van der Waals surface area (Å²) in [6, 6.07) is 3.08. The van der Waals surface area contributed by atoms with Crippen molar-refractivity contribution in [1.82, 2.24) is 15.3 Å². The fourth-order valence-electron chi connectivity index (χ4n) is 4.50. The van der Waals surface area contributed by atoms with Crippen LogP contribution < -0.4 is 10.2 Å². The van der Waals surface area contributed by atoms with Gasteiger partial charge in [0.1, 0.15) is 0 Å². The van der Waals surface area contributed by atoms with E-state index < -0.39 is 0 Å². The third kappa shape index (κ3) is 3.09. The summed E-state index contributed by atoms with van der Waals surface area (Å²) in [6.45, 7) is 6.68. The maximum atomic E-state index is 5.71. The number of anilines is 1. The van der Waals surface area contributed by atoms with Crippen LogP contribution in [-0.4, -0.2) is 48.4 Å². The Hall–Kier alpha value is -1.20. The summed E-state index contributed by atoms with van der Waals surface area (Å²) in [6.07, 6.45) is 9.93. The second kappa shape index (κ2) is 7.14. The Bertz CT molecular complexity index is 483. The molecule has 1 saturated heterocycles. The molecule has 5 heteroatoms. The second-order valence-corrected chi connectivity index (χ2v) is 6.93. The SMILES string of the molecule is CCC1(CC)[C@@H](OC)C[C@H]1NC1CCN(c2ncccn2)CC1. The van der Waals surface area contributed by atoms with E-state index in [1.54, 1.807) is 0 Å². The summed E-state index contributed by atoms with van der Waals surface area (Å²) in [7, 11) is 1.86. The number of methoxy groups -OCH3 is 1. The number of ether oxygens (including phenoxy) is 1. The molecule has 128 valence electrons. The van der Waals surface area contributed by atoms with E-state index >= 15 is 0 Å². The molecule has 0 spiro atoms. The average molecular weight is 318 g/mol. The predicted octanol–water partition coefficient (Wildman–Crippen LogP) is 2.63. The van der Waals surface area contributed by atoms with Crippen LogP contribution >= 0.6 is 0 Å². The first-order valence-electron chi connectivity index (χ1n) is 9.04. The summed E-state index contributed by atoms with van der Waals surface area (Å²) in [5.74, 6) is 0.866. The number of aromatic nitrogens is 2. The molecule has 1 saturated carbocycles. The van der Waals surface area contributed by atoms with Gasteiger partial charge in [0.2, 0.25) is 5.95 Å². The zero-order chi connectivity index (χ0) is 16.3. The van der Waals surface area contributed by atoms with Gasteiger partial charge in [0.15, 0.2) is 0 Å². The van der Waals surface area contributed by atoms with Crippen LogP contribution in [0.3, 0.4) is 0 Å². The predicted molar refractivity (Wildman–Crippen MR) is 92.6 cm³/mol. The van der Waals surface area contributed by atoms with E-state index in [9.17, 15) is 0 Å². The van der Waals surface area contributed by atoms with Gasteiger partial charge in [-0.3, -0.25) is 0 Å². The standard InChI is InChI=1S/C18H30N4O/c1-4-18(5-2)15(13-16(18)23-3)21-14-7-11-22(12-8-14)17-19-9-6-10-20-17/h6,9-10,14-16,21H,4-5,7-8,11-13H2,1-3H3/t15-,16+/m1/s1. The van der Waals surface area contributed by atoms with Gasteiger partial charge in [-0.15, -0.1) is 0 Å². The lowest BCUT2D eigenvalue weighted by atomic mass is 9.58. The zero-order valence-electron chi connectivity index (χ0n) is 14.7. The summed E-state index contributed by atoms with van der Waals surface area (Å²) in [5.41, 5.74) is 0.328. The average Bonchev–Trinajstić information content (AvgIpc) is 2.61. The molecule has 1 aliphatic carbocycles. The lowest BCUT2D eigenvalue weighted by Gasteiger charge is -2.56. The molecule has 1 aliphatic heterocycles. The van der Waals surface area contributed by atoms with Crippen molar-refractivity contribution in [3.05, 3.63) is 18.5 Å².